The van der Waals surface area contributed by atoms with Crippen molar-refractivity contribution < 1.29 is 14.4 Å². The highest BCUT2D eigenvalue weighted by Gasteiger charge is 2.59. The number of nitrogens with one attached hydrogen (secondary N) is 2. The molecule has 0 bridgehead atoms. The van der Waals surface area contributed by atoms with Gasteiger partial charge in [0.15, 0.2) is 5.78 Å². The summed E-state index contributed by atoms with van der Waals surface area (Å²) in [6.07, 6.45) is 12.6. The first-order valence-corrected chi connectivity index (χ1v) is 15.8. The molecule has 0 radical (unpaired) electrons. The van der Waals surface area contributed by atoms with Gasteiger partial charge in [0.1, 0.15) is 0 Å². The summed E-state index contributed by atoms with van der Waals surface area (Å²) < 4.78 is 0. The van der Waals surface area contributed by atoms with Crippen molar-refractivity contribution >= 4 is 17.6 Å². The largest absolute Gasteiger partial charge is 0.436 e. The maximum Gasteiger partial charge on any atom is 0.436 e. The minimum absolute atomic E-state index is 0.206. The van der Waals surface area contributed by atoms with E-state index in [1.165, 1.54) is 37.7 Å². The molecular formula is C32H52N4O3. The Morgan fingerprint density at radius 2 is 1.97 bits per heavy atom. The predicted molar refractivity (Wildman–Crippen MR) is 155 cm³/mol. The van der Waals surface area contributed by atoms with Crippen molar-refractivity contribution in [2.75, 3.05) is 33.2 Å². The second-order valence-corrected chi connectivity index (χ2v) is 14.1. The fourth-order valence-corrected chi connectivity index (χ4v) is 9.57. The Morgan fingerprint density at radius 1 is 1.15 bits per heavy atom. The Kier molecular flexibility index (Phi) is 8.59. The van der Waals surface area contributed by atoms with E-state index in [2.05, 4.69) is 43.5 Å². The molecule has 1 heterocycles. The van der Waals surface area contributed by atoms with Crippen molar-refractivity contribution in [3.63, 3.8) is 0 Å². The van der Waals surface area contributed by atoms with Gasteiger partial charge in [0, 0.05) is 38.0 Å². The number of carbonyl (C=O) groups excluding carboxylic acids is 2. The van der Waals surface area contributed by atoms with Crippen molar-refractivity contribution in [2.24, 2.45) is 45.6 Å². The van der Waals surface area contributed by atoms with Crippen LogP contribution in [0.25, 0.3) is 0 Å². The maximum absolute atomic E-state index is 13.1. The van der Waals surface area contributed by atoms with Crippen LogP contribution in [0, 0.1) is 40.4 Å². The highest BCUT2D eigenvalue weighted by molar-refractivity contribution is 5.91. The molecule has 0 aromatic rings. The van der Waals surface area contributed by atoms with Crippen molar-refractivity contribution in [3.8, 4) is 0 Å². The van der Waals surface area contributed by atoms with E-state index < -0.39 is 0 Å². The molecule has 1 aliphatic heterocycles. The average Bonchev–Trinajstić information content (AvgIpc) is 3.49. The predicted octanol–water partition coefficient (Wildman–Crippen LogP) is 5.56. The maximum atomic E-state index is 13.1. The quantitative estimate of drug-likeness (QED) is 0.239. The standard InChI is InChI=1S/C32H52N4O3/c1-21-18-24(34-20-21)12-16-36(17-15-33-5)30(38)39-35-22(2)27-8-9-28-26-7-6-23-19-25(37)10-13-31(23,3)29(26)11-14-32(27,28)4/h19,21,24,26-29,33-34H,6-18,20H2,1-5H3/b35-22+/t21?,24?,26-,27+,28-,29-,31-,32+/m0/s1. The normalized spacial score (nSPS) is 40.0. The SMILES string of the molecule is CNCCN(CCC1CC(C)CN1)C(=O)O/N=C(\C)[C@H]1CC[C@H]2[C@@H]3CCC4=CC(=O)CC[C@]4(C)[C@H]3CC[C@]12C. The first kappa shape index (κ1) is 28.8. The molecule has 5 aliphatic rings. The van der Waals surface area contributed by atoms with Gasteiger partial charge in [0.2, 0.25) is 0 Å². The molecule has 0 spiro atoms. The molecule has 0 aromatic heterocycles. The van der Waals surface area contributed by atoms with E-state index in [1.54, 1.807) is 0 Å². The number of likely N-dealkylation sites (N-methyl/N-ethyl adjacent to an activating group) is 1. The molecule has 8 atom stereocenters. The topological polar surface area (TPSA) is 83.0 Å². The highest BCUT2D eigenvalue weighted by atomic mass is 16.7. The van der Waals surface area contributed by atoms with E-state index in [0.29, 0.717) is 55.0 Å². The van der Waals surface area contributed by atoms with Gasteiger partial charge >= 0.3 is 6.09 Å². The lowest BCUT2D eigenvalue weighted by atomic mass is 9.46. The minimum Gasteiger partial charge on any atom is -0.318 e. The zero-order chi connectivity index (χ0) is 27.8. The zero-order valence-electron chi connectivity index (χ0n) is 25.1. The van der Waals surface area contributed by atoms with Crippen LogP contribution in [0.15, 0.2) is 16.8 Å². The molecule has 2 unspecified atom stereocenters. The molecule has 5 rings (SSSR count). The Morgan fingerprint density at radius 3 is 2.72 bits per heavy atom. The third-order valence-electron chi connectivity index (χ3n) is 11.8. The summed E-state index contributed by atoms with van der Waals surface area (Å²) in [5.74, 6) is 3.50. The van der Waals surface area contributed by atoms with Crippen LogP contribution in [0.4, 0.5) is 4.79 Å². The van der Waals surface area contributed by atoms with E-state index >= 15 is 0 Å². The number of nitrogens with zero attached hydrogens (tertiary/aromatic N) is 2. The number of amides is 1. The molecule has 0 aromatic carbocycles. The van der Waals surface area contributed by atoms with Crippen molar-refractivity contribution in [1.82, 2.24) is 15.5 Å². The van der Waals surface area contributed by atoms with Crippen LogP contribution in [0.1, 0.15) is 91.9 Å². The van der Waals surface area contributed by atoms with Gasteiger partial charge < -0.3 is 15.5 Å². The molecule has 4 fully saturated rings. The van der Waals surface area contributed by atoms with E-state index in [0.717, 1.165) is 50.4 Å². The molecule has 3 saturated carbocycles. The van der Waals surface area contributed by atoms with Crippen molar-refractivity contribution in [2.45, 2.75) is 97.9 Å². The third-order valence-corrected chi connectivity index (χ3v) is 11.8. The molecule has 7 heteroatoms. The molecule has 1 saturated heterocycles. The number of oxime groups is 1. The van der Waals surface area contributed by atoms with Crippen LogP contribution < -0.4 is 10.6 Å². The molecule has 1 amide bonds. The summed E-state index contributed by atoms with van der Waals surface area (Å²) in [5.41, 5.74) is 2.83. The molecule has 39 heavy (non-hydrogen) atoms. The Bertz CT molecular complexity index is 994. The summed E-state index contributed by atoms with van der Waals surface area (Å²) in [4.78, 5) is 32.7. The van der Waals surface area contributed by atoms with Gasteiger partial charge in [-0.15, -0.1) is 0 Å². The highest BCUT2D eigenvalue weighted by Crippen LogP contribution is 2.66. The van der Waals surface area contributed by atoms with Crippen LogP contribution >= 0.6 is 0 Å². The third kappa shape index (κ3) is 5.59. The molecule has 4 aliphatic carbocycles. The summed E-state index contributed by atoms with van der Waals surface area (Å²) in [6.45, 7) is 12.4. The first-order valence-electron chi connectivity index (χ1n) is 15.8. The second-order valence-electron chi connectivity index (χ2n) is 14.1. The van der Waals surface area contributed by atoms with Gasteiger partial charge in [0.25, 0.3) is 0 Å². The number of hydrogen-bond donors (Lipinski definition) is 2. The second kappa shape index (κ2) is 11.6. The van der Waals surface area contributed by atoms with E-state index in [9.17, 15) is 9.59 Å². The van der Waals surface area contributed by atoms with Gasteiger partial charge in [-0.1, -0.05) is 31.5 Å². The summed E-state index contributed by atoms with van der Waals surface area (Å²) in [6, 6.07) is 0.475. The lowest BCUT2D eigenvalue weighted by molar-refractivity contribution is -0.117. The molecular weight excluding hydrogens is 488 g/mol. The first-order chi connectivity index (χ1) is 18.7. The minimum atomic E-state index is -0.328. The van der Waals surface area contributed by atoms with Gasteiger partial charge in [-0.25, -0.2) is 4.79 Å². The zero-order valence-corrected chi connectivity index (χ0v) is 25.1. The van der Waals surface area contributed by atoms with Crippen molar-refractivity contribution in [1.29, 1.82) is 0 Å². The number of rotatable bonds is 8. The lowest BCUT2D eigenvalue weighted by Gasteiger charge is -2.58. The number of carbonyl (C=O) groups is 2. The van der Waals surface area contributed by atoms with Gasteiger partial charge in [-0.05, 0) is 119 Å². The smallest absolute Gasteiger partial charge is 0.318 e. The van der Waals surface area contributed by atoms with Gasteiger partial charge in [-0.2, -0.15) is 0 Å². The average molecular weight is 541 g/mol. The Balaban J connectivity index is 1.22. The van der Waals surface area contributed by atoms with Crippen LogP contribution in [0.2, 0.25) is 0 Å². The Hall–Kier alpha value is -1.73. The Labute approximate surface area is 235 Å². The molecule has 7 nitrogen and oxygen atoms in total. The van der Waals surface area contributed by atoms with Crippen LogP contribution in [-0.2, 0) is 9.63 Å². The number of allylic oxidation sites excluding steroid dienone is 1. The molecule has 2 N–H and O–H groups in total. The van der Waals surface area contributed by atoms with Gasteiger partial charge in [-0.3, -0.25) is 9.63 Å². The van der Waals surface area contributed by atoms with E-state index in [-0.39, 0.29) is 16.9 Å². The summed E-state index contributed by atoms with van der Waals surface area (Å²) >= 11 is 0. The van der Waals surface area contributed by atoms with E-state index in [4.69, 9.17) is 4.84 Å². The fraction of sp³-hybridized carbons (Fsp3) is 0.844. The summed E-state index contributed by atoms with van der Waals surface area (Å²) in [7, 11) is 1.91. The fourth-order valence-electron chi connectivity index (χ4n) is 9.57. The number of hydrogen-bond acceptors (Lipinski definition) is 6. The monoisotopic (exact) mass is 540 g/mol. The van der Waals surface area contributed by atoms with Crippen molar-refractivity contribution in [3.05, 3.63) is 11.6 Å². The van der Waals surface area contributed by atoms with Gasteiger partial charge in [0.05, 0.1) is 5.71 Å². The van der Waals surface area contributed by atoms with Crippen LogP contribution in [0.5, 0.6) is 0 Å². The number of fused-ring (bicyclic) bond motifs is 5. The van der Waals surface area contributed by atoms with E-state index in [1.807, 2.05) is 18.0 Å². The lowest BCUT2D eigenvalue weighted by Crippen LogP contribution is -2.51. The molecule has 218 valence electrons. The van der Waals surface area contributed by atoms with Crippen LogP contribution in [0.3, 0.4) is 0 Å². The summed E-state index contributed by atoms with van der Waals surface area (Å²) in [5, 5.41) is 11.2. The number of ketones is 1. The van der Waals surface area contributed by atoms with Crippen LogP contribution in [-0.4, -0.2) is 61.8 Å².